The van der Waals surface area contributed by atoms with E-state index in [1.165, 1.54) is 12.8 Å². The molecule has 1 aliphatic carbocycles. The van der Waals surface area contributed by atoms with Crippen LogP contribution in [0.25, 0.3) is 0 Å². The van der Waals surface area contributed by atoms with Crippen LogP contribution in [0.1, 0.15) is 68.2 Å². The Balaban J connectivity index is 0.000000921. The quantitative estimate of drug-likeness (QED) is 0.641. The van der Waals surface area contributed by atoms with Gasteiger partial charge in [-0.05, 0) is 29.1 Å². The van der Waals surface area contributed by atoms with Crippen molar-refractivity contribution in [3.8, 4) is 0 Å². The first kappa shape index (κ1) is 15.0. The summed E-state index contributed by atoms with van der Waals surface area (Å²) >= 11 is 0. The van der Waals surface area contributed by atoms with Gasteiger partial charge in [0.1, 0.15) is 0 Å². The monoisotopic (exact) mass is 213 g/mol. The van der Waals surface area contributed by atoms with E-state index in [0.717, 1.165) is 0 Å². The van der Waals surface area contributed by atoms with Gasteiger partial charge in [0, 0.05) is 6.04 Å². The van der Waals surface area contributed by atoms with Crippen LogP contribution in [0.4, 0.5) is 0 Å². The lowest BCUT2D eigenvalue weighted by molar-refractivity contribution is -0.111. The van der Waals surface area contributed by atoms with Gasteiger partial charge in [0.15, 0.2) is 0 Å². The third kappa shape index (κ3) is 2.55. The van der Waals surface area contributed by atoms with Crippen LogP contribution in [0.5, 0.6) is 0 Å². The molecule has 1 saturated carbocycles. The van der Waals surface area contributed by atoms with Crippen LogP contribution in [-0.4, -0.2) is 6.04 Å². The average molecular weight is 213 g/mol. The maximum absolute atomic E-state index is 5.95. The summed E-state index contributed by atoms with van der Waals surface area (Å²) < 4.78 is 0. The number of nitrogens with two attached hydrogens (primary N) is 1. The van der Waals surface area contributed by atoms with Gasteiger partial charge >= 0.3 is 0 Å². The van der Waals surface area contributed by atoms with Crippen LogP contribution >= 0.6 is 0 Å². The first-order chi connectivity index (χ1) is 6.60. The molecule has 0 aromatic carbocycles. The first-order valence-electron chi connectivity index (χ1n) is 6.36. The van der Waals surface area contributed by atoms with Crippen LogP contribution in [0.3, 0.4) is 0 Å². The SMILES string of the molecule is CC.CC(C)(C)C1(C(C)(C)C)CC(N)C1. The summed E-state index contributed by atoms with van der Waals surface area (Å²) in [6.45, 7) is 18.1. The third-order valence-electron chi connectivity index (χ3n) is 4.09. The molecule has 1 aliphatic rings. The van der Waals surface area contributed by atoms with E-state index in [1.54, 1.807) is 0 Å². The predicted molar refractivity (Wildman–Crippen MR) is 69.9 cm³/mol. The molecule has 0 unspecified atom stereocenters. The maximum atomic E-state index is 5.95. The number of rotatable bonds is 0. The highest BCUT2D eigenvalue weighted by atomic mass is 14.8. The summed E-state index contributed by atoms with van der Waals surface area (Å²) in [5.74, 6) is 0. The van der Waals surface area contributed by atoms with Gasteiger partial charge in [-0.3, -0.25) is 0 Å². The Hall–Kier alpha value is -0.0400. The van der Waals surface area contributed by atoms with E-state index in [0.29, 0.717) is 22.3 Å². The Morgan fingerprint density at radius 1 is 0.867 bits per heavy atom. The Labute approximate surface area is 96.8 Å². The highest BCUT2D eigenvalue weighted by Gasteiger charge is 2.56. The van der Waals surface area contributed by atoms with Crippen LogP contribution < -0.4 is 5.73 Å². The average Bonchev–Trinajstić information content (AvgIpc) is 1.97. The van der Waals surface area contributed by atoms with Crippen molar-refractivity contribution in [1.29, 1.82) is 0 Å². The third-order valence-corrected chi connectivity index (χ3v) is 4.09. The zero-order chi connectivity index (χ0) is 12.5. The van der Waals surface area contributed by atoms with Crippen molar-refractivity contribution in [3.05, 3.63) is 0 Å². The molecule has 0 spiro atoms. The van der Waals surface area contributed by atoms with E-state index in [2.05, 4.69) is 41.5 Å². The van der Waals surface area contributed by atoms with Crippen molar-refractivity contribution in [2.24, 2.45) is 22.0 Å². The Bertz CT molecular complexity index is 170. The molecular weight excluding hydrogens is 182 g/mol. The van der Waals surface area contributed by atoms with Crippen molar-refractivity contribution in [2.75, 3.05) is 0 Å². The predicted octanol–water partition coefficient (Wildman–Crippen LogP) is 4.21. The molecule has 1 rings (SSSR count). The van der Waals surface area contributed by atoms with E-state index in [9.17, 15) is 0 Å². The first-order valence-corrected chi connectivity index (χ1v) is 6.36. The van der Waals surface area contributed by atoms with E-state index < -0.39 is 0 Å². The van der Waals surface area contributed by atoms with Crippen molar-refractivity contribution < 1.29 is 0 Å². The summed E-state index contributed by atoms with van der Waals surface area (Å²) in [6, 6.07) is 0.443. The van der Waals surface area contributed by atoms with Gasteiger partial charge in [0.25, 0.3) is 0 Å². The molecule has 0 aromatic rings. The smallest absolute Gasteiger partial charge is 0.00502 e. The maximum Gasteiger partial charge on any atom is 0.00502 e. The summed E-state index contributed by atoms with van der Waals surface area (Å²) in [7, 11) is 0. The second-order valence-corrected chi connectivity index (χ2v) is 6.75. The minimum Gasteiger partial charge on any atom is -0.328 e. The molecule has 1 nitrogen and oxygen atoms in total. The lowest BCUT2D eigenvalue weighted by Gasteiger charge is -2.62. The standard InChI is InChI=1S/C12H25N.C2H6/c1-10(2,3)12(11(4,5)6)7-9(13)8-12;1-2/h9H,7-8,13H2,1-6H3;1-2H3. The van der Waals surface area contributed by atoms with Crippen LogP contribution in [0.15, 0.2) is 0 Å². The molecule has 0 atom stereocenters. The van der Waals surface area contributed by atoms with Gasteiger partial charge in [0.05, 0.1) is 0 Å². The number of hydrogen-bond donors (Lipinski definition) is 1. The topological polar surface area (TPSA) is 26.0 Å². The molecule has 2 N–H and O–H groups in total. The van der Waals surface area contributed by atoms with Crippen LogP contribution in [0, 0.1) is 16.2 Å². The lowest BCUT2D eigenvalue weighted by atomic mass is 9.44. The molecule has 1 fully saturated rings. The van der Waals surface area contributed by atoms with Crippen LogP contribution in [-0.2, 0) is 0 Å². The molecule has 0 bridgehead atoms. The van der Waals surface area contributed by atoms with Gasteiger partial charge in [-0.25, -0.2) is 0 Å². The second-order valence-electron chi connectivity index (χ2n) is 6.75. The minimum absolute atomic E-state index is 0.376. The summed E-state index contributed by atoms with van der Waals surface area (Å²) in [4.78, 5) is 0. The molecule has 0 heterocycles. The van der Waals surface area contributed by atoms with E-state index in [1.807, 2.05) is 13.8 Å². The highest BCUT2D eigenvalue weighted by molar-refractivity contribution is 5.08. The fraction of sp³-hybridized carbons (Fsp3) is 1.00. The summed E-state index contributed by atoms with van der Waals surface area (Å²) in [5.41, 5.74) is 7.14. The van der Waals surface area contributed by atoms with Gasteiger partial charge in [-0.2, -0.15) is 0 Å². The van der Waals surface area contributed by atoms with E-state index in [4.69, 9.17) is 5.73 Å². The Kier molecular flexibility index (Phi) is 4.44. The summed E-state index contributed by atoms with van der Waals surface area (Å²) in [5, 5.41) is 0. The van der Waals surface area contributed by atoms with Gasteiger partial charge in [0.2, 0.25) is 0 Å². The second kappa shape index (κ2) is 4.45. The van der Waals surface area contributed by atoms with Gasteiger partial charge in [-0.15, -0.1) is 0 Å². The molecule has 0 aliphatic heterocycles. The van der Waals surface area contributed by atoms with Crippen molar-refractivity contribution in [3.63, 3.8) is 0 Å². The van der Waals surface area contributed by atoms with Crippen molar-refractivity contribution in [2.45, 2.75) is 74.3 Å². The molecule has 0 amide bonds. The molecule has 92 valence electrons. The number of hydrogen-bond acceptors (Lipinski definition) is 1. The molecular formula is C14H31N. The molecule has 0 saturated heterocycles. The zero-order valence-electron chi connectivity index (χ0n) is 12.1. The van der Waals surface area contributed by atoms with Crippen molar-refractivity contribution in [1.82, 2.24) is 0 Å². The fourth-order valence-corrected chi connectivity index (χ4v) is 3.19. The fourth-order valence-electron chi connectivity index (χ4n) is 3.19. The Morgan fingerprint density at radius 2 is 1.13 bits per heavy atom. The Morgan fingerprint density at radius 3 is 1.20 bits per heavy atom. The molecule has 1 heteroatoms. The molecule has 0 radical (unpaired) electrons. The minimum atomic E-state index is 0.376. The zero-order valence-corrected chi connectivity index (χ0v) is 12.1. The molecule has 15 heavy (non-hydrogen) atoms. The summed E-state index contributed by atoms with van der Waals surface area (Å²) in [6.07, 6.45) is 2.39. The van der Waals surface area contributed by atoms with Crippen molar-refractivity contribution >= 4 is 0 Å². The largest absolute Gasteiger partial charge is 0.328 e. The lowest BCUT2D eigenvalue weighted by Crippen LogP contribution is -2.59. The highest BCUT2D eigenvalue weighted by Crippen LogP contribution is 2.62. The van der Waals surface area contributed by atoms with Crippen LogP contribution in [0.2, 0.25) is 0 Å². The molecule has 0 aromatic heterocycles. The van der Waals surface area contributed by atoms with Gasteiger partial charge < -0.3 is 5.73 Å². The van der Waals surface area contributed by atoms with Gasteiger partial charge in [-0.1, -0.05) is 55.4 Å². The normalized spacial score (nSPS) is 21.4. The van der Waals surface area contributed by atoms with E-state index >= 15 is 0 Å². The van der Waals surface area contributed by atoms with E-state index in [-0.39, 0.29) is 0 Å².